The molecule has 1 amide bonds. The zero-order valence-electron chi connectivity index (χ0n) is 16.8. The van der Waals surface area contributed by atoms with E-state index in [0.29, 0.717) is 37.0 Å². The Balaban J connectivity index is 1.29. The number of hydrogen-bond acceptors (Lipinski definition) is 3. The first-order chi connectivity index (χ1) is 13.2. The van der Waals surface area contributed by atoms with Crippen LogP contribution in [0, 0.1) is 5.92 Å². The number of piperidine rings is 2. The highest BCUT2D eigenvalue weighted by Crippen LogP contribution is 2.32. The molecule has 1 aromatic carbocycles. The Morgan fingerprint density at radius 1 is 1.11 bits per heavy atom. The van der Waals surface area contributed by atoms with E-state index in [1.54, 1.807) is 0 Å². The van der Waals surface area contributed by atoms with Crippen molar-refractivity contribution in [3.63, 3.8) is 0 Å². The molecule has 27 heavy (non-hydrogen) atoms. The predicted molar refractivity (Wildman–Crippen MR) is 109 cm³/mol. The van der Waals surface area contributed by atoms with Gasteiger partial charge in [0.15, 0.2) is 0 Å². The molecular formula is C23H35N3O. The lowest BCUT2D eigenvalue weighted by Gasteiger charge is -2.33. The molecular weight excluding hydrogens is 334 g/mol. The molecule has 3 saturated heterocycles. The smallest absolute Gasteiger partial charge is 0.220 e. The van der Waals surface area contributed by atoms with Crippen LogP contribution in [0.4, 0.5) is 0 Å². The fraction of sp³-hybridized carbons (Fsp3) is 0.696. The lowest BCUT2D eigenvalue weighted by Crippen LogP contribution is -2.39. The number of amides is 1. The monoisotopic (exact) mass is 369 g/mol. The third-order valence-corrected chi connectivity index (χ3v) is 6.95. The van der Waals surface area contributed by atoms with Gasteiger partial charge in [-0.15, -0.1) is 0 Å². The zero-order chi connectivity index (χ0) is 18.6. The summed E-state index contributed by atoms with van der Waals surface area (Å²) in [7, 11) is 0. The van der Waals surface area contributed by atoms with Gasteiger partial charge < -0.3 is 10.6 Å². The molecule has 1 aromatic rings. The number of carbonyl (C=O) groups excluding carboxylic acids is 1. The normalized spacial score (nSPS) is 31.0. The van der Waals surface area contributed by atoms with Crippen LogP contribution in [0.25, 0.3) is 0 Å². The Bertz CT molecular complexity index is 634. The number of carbonyl (C=O) groups is 1. The van der Waals surface area contributed by atoms with Crippen molar-refractivity contribution < 1.29 is 4.79 Å². The van der Waals surface area contributed by atoms with Gasteiger partial charge in [-0.3, -0.25) is 9.69 Å². The summed E-state index contributed by atoms with van der Waals surface area (Å²) in [6, 6.07) is 10.6. The van der Waals surface area contributed by atoms with Crippen LogP contribution >= 0.6 is 0 Å². The van der Waals surface area contributed by atoms with Gasteiger partial charge in [-0.1, -0.05) is 30.7 Å². The molecule has 0 spiro atoms. The van der Waals surface area contributed by atoms with Crippen molar-refractivity contribution in [2.75, 3.05) is 6.54 Å². The molecule has 4 nitrogen and oxygen atoms in total. The topological polar surface area (TPSA) is 44.4 Å². The fourth-order valence-corrected chi connectivity index (χ4v) is 5.37. The third-order valence-electron chi connectivity index (χ3n) is 6.95. The van der Waals surface area contributed by atoms with Crippen LogP contribution < -0.4 is 10.6 Å². The summed E-state index contributed by atoms with van der Waals surface area (Å²) < 4.78 is 0. The van der Waals surface area contributed by atoms with Crippen LogP contribution in [-0.4, -0.2) is 35.5 Å². The minimum atomic E-state index is 0.224. The van der Waals surface area contributed by atoms with E-state index < -0.39 is 0 Å². The summed E-state index contributed by atoms with van der Waals surface area (Å²) in [5.74, 6) is 0.788. The van der Waals surface area contributed by atoms with Crippen LogP contribution in [0.2, 0.25) is 0 Å². The van der Waals surface area contributed by atoms with Crippen LogP contribution in [0.15, 0.2) is 24.3 Å². The number of benzene rings is 1. The van der Waals surface area contributed by atoms with Gasteiger partial charge in [0.05, 0.1) is 0 Å². The van der Waals surface area contributed by atoms with Crippen LogP contribution in [0.1, 0.15) is 69.4 Å². The van der Waals surface area contributed by atoms with E-state index in [0.717, 1.165) is 6.54 Å². The maximum Gasteiger partial charge on any atom is 0.220 e. The van der Waals surface area contributed by atoms with Crippen LogP contribution in [0.5, 0.6) is 0 Å². The average Bonchev–Trinajstić information content (AvgIpc) is 3.01. The van der Waals surface area contributed by atoms with Crippen LogP contribution in [0.3, 0.4) is 0 Å². The largest absolute Gasteiger partial charge is 0.352 e. The van der Waals surface area contributed by atoms with E-state index in [4.69, 9.17) is 0 Å². The Kier molecular flexibility index (Phi) is 6.14. The molecule has 148 valence electrons. The quantitative estimate of drug-likeness (QED) is 0.805. The maximum absolute atomic E-state index is 12.5. The molecule has 3 atom stereocenters. The lowest BCUT2D eigenvalue weighted by atomic mass is 9.89. The van der Waals surface area contributed by atoms with Crippen molar-refractivity contribution in [3.05, 3.63) is 35.4 Å². The minimum Gasteiger partial charge on any atom is -0.352 e. The number of likely N-dealkylation sites (tertiary alicyclic amines) is 1. The second-order valence-corrected chi connectivity index (χ2v) is 9.04. The highest BCUT2D eigenvalue weighted by molar-refractivity contribution is 5.76. The summed E-state index contributed by atoms with van der Waals surface area (Å²) in [6.45, 7) is 5.20. The molecule has 3 unspecified atom stereocenters. The lowest BCUT2D eigenvalue weighted by molar-refractivity contribution is -0.122. The van der Waals surface area contributed by atoms with E-state index in [-0.39, 0.29) is 5.91 Å². The van der Waals surface area contributed by atoms with Gasteiger partial charge in [0.1, 0.15) is 0 Å². The van der Waals surface area contributed by atoms with Crippen molar-refractivity contribution in [3.8, 4) is 0 Å². The SMILES string of the molecule is CC1CCCCN1Cc1ccccc1CNC(=O)CC1CC2CCC(C1)N2. The summed E-state index contributed by atoms with van der Waals surface area (Å²) in [5, 5.41) is 6.87. The van der Waals surface area contributed by atoms with Crippen molar-refractivity contribution in [2.24, 2.45) is 5.92 Å². The molecule has 0 aliphatic carbocycles. The zero-order valence-corrected chi connectivity index (χ0v) is 16.8. The average molecular weight is 370 g/mol. The second kappa shape index (κ2) is 8.74. The van der Waals surface area contributed by atoms with Crippen molar-refractivity contribution in [2.45, 2.75) is 89.5 Å². The Morgan fingerprint density at radius 2 is 1.85 bits per heavy atom. The second-order valence-electron chi connectivity index (χ2n) is 9.04. The van der Waals surface area contributed by atoms with Gasteiger partial charge in [0.2, 0.25) is 5.91 Å². The van der Waals surface area contributed by atoms with E-state index in [9.17, 15) is 4.79 Å². The first kappa shape index (κ1) is 18.9. The van der Waals surface area contributed by atoms with Crippen molar-refractivity contribution in [1.82, 2.24) is 15.5 Å². The van der Waals surface area contributed by atoms with E-state index in [1.165, 1.54) is 62.6 Å². The van der Waals surface area contributed by atoms with E-state index in [2.05, 4.69) is 46.7 Å². The standard InChI is InChI=1S/C23H35N3O/c1-17-6-4-5-11-26(17)16-20-8-3-2-7-19(20)15-24-23(27)14-18-12-21-9-10-22(13-18)25-21/h2-3,7-8,17-18,21-22,25H,4-6,9-16H2,1H3,(H,24,27). The summed E-state index contributed by atoms with van der Waals surface area (Å²) in [5.41, 5.74) is 2.64. The summed E-state index contributed by atoms with van der Waals surface area (Å²) in [4.78, 5) is 15.1. The molecule has 4 rings (SSSR count). The van der Waals surface area contributed by atoms with E-state index >= 15 is 0 Å². The molecule has 0 saturated carbocycles. The number of fused-ring (bicyclic) bond motifs is 2. The number of nitrogens with zero attached hydrogens (tertiary/aromatic N) is 1. The number of hydrogen-bond donors (Lipinski definition) is 2. The number of nitrogens with one attached hydrogen (secondary N) is 2. The van der Waals surface area contributed by atoms with Crippen LogP contribution in [-0.2, 0) is 17.9 Å². The fourth-order valence-electron chi connectivity index (χ4n) is 5.37. The summed E-state index contributed by atoms with van der Waals surface area (Å²) >= 11 is 0. The van der Waals surface area contributed by atoms with Gasteiger partial charge in [-0.25, -0.2) is 0 Å². The Hall–Kier alpha value is -1.39. The molecule has 4 heteroatoms. The molecule has 3 aliphatic heterocycles. The van der Waals surface area contributed by atoms with Crippen molar-refractivity contribution in [1.29, 1.82) is 0 Å². The minimum absolute atomic E-state index is 0.224. The first-order valence-corrected chi connectivity index (χ1v) is 11.0. The molecule has 3 aliphatic rings. The van der Waals surface area contributed by atoms with Crippen molar-refractivity contribution >= 4 is 5.91 Å². The van der Waals surface area contributed by atoms with E-state index in [1.807, 2.05) is 0 Å². The molecule has 2 bridgehead atoms. The van der Waals surface area contributed by atoms with Gasteiger partial charge >= 0.3 is 0 Å². The molecule has 0 aromatic heterocycles. The maximum atomic E-state index is 12.5. The molecule has 3 fully saturated rings. The predicted octanol–water partition coefficient (Wildman–Crippen LogP) is 3.60. The molecule has 0 radical (unpaired) electrons. The Morgan fingerprint density at radius 3 is 2.59 bits per heavy atom. The highest BCUT2D eigenvalue weighted by atomic mass is 16.1. The molecule has 3 heterocycles. The summed E-state index contributed by atoms with van der Waals surface area (Å²) in [6.07, 6.45) is 9.60. The van der Waals surface area contributed by atoms with Gasteiger partial charge in [-0.05, 0) is 69.0 Å². The highest BCUT2D eigenvalue weighted by Gasteiger charge is 2.34. The molecule has 2 N–H and O–H groups in total. The van der Waals surface area contributed by atoms with Gasteiger partial charge in [-0.2, -0.15) is 0 Å². The van der Waals surface area contributed by atoms with Gasteiger partial charge in [0, 0.05) is 37.6 Å². The Labute approximate surface area is 164 Å². The third kappa shape index (κ3) is 4.91. The number of rotatable bonds is 6. The van der Waals surface area contributed by atoms with Gasteiger partial charge in [0.25, 0.3) is 0 Å². The first-order valence-electron chi connectivity index (χ1n) is 11.0.